The summed E-state index contributed by atoms with van der Waals surface area (Å²) in [6.45, 7) is 7.13. The van der Waals surface area contributed by atoms with Crippen molar-refractivity contribution in [3.05, 3.63) is 38.3 Å². The summed E-state index contributed by atoms with van der Waals surface area (Å²) in [7, 11) is 0. The van der Waals surface area contributed by atoms with Crippen LogP contribution in [0.15, 0.2) is 12.1 Å². The Labute approximate surface area is 135 Å². The van der Waals surface area contributed by atoms with Crippen LogP contribution in [0.2, 0.25) is 5.02 Å². The first-order chi connectivity index (χ1) is 10.1. The lowest BCUT2D eigenvalue weighted by Gasteiger charge is -2.15. The zero-order valence-corrected chi connectivity index (χ0v) is 14.4. The van der Waals surface area contributed by atoms with Gasteiger partial charge in [0.25, 0.3) is 0 Å². The number of hydrazine groups is 1. The molecule has 0 radical (unpaired) electrons. The molecule has 0 aliphatic heterocycles. The van der Waals surface area contributed by atoms with E-state index in [9.17, 15) is 0 Å². The van der Waals surface area contributed by atoms with Gasteiger partial charge in [-0.1, -0.05) is 25.4 Å². The first kappa shape index (κ1) is 16.5. The van der Waals surface area contributed by atoms with Crippen LogP contribution in [0, 0.1) is 0 Å². The van der Waals surface area contributed by atoms with E-state index < -0.39 is 0 Å². The molecule has 0 saturated heterocycles. The zero-order chi connectivity index (χ0) is 15.4. The van der Waals surface area contributed by atoms with Gasteiger partial charge < -0.3 is 0 Å². The highest BCUT2D eigenvalue weighted by atomic mass is 35.5. The second-order valence-corrected chi connectivity index (χ2v) is 6.54. The molecule has 0 spiro atoms. The first-order valence-corrected chi connectivity index (χ1v) is 8.62. The maximum Gasteiger partial charge on any atom is 0.0850 e. The average molecular weight is 327 g/mol. The van der Waals surface area contributed by atoms with Crippen molar-refractivity contribution in [2.45, 2.75) is 52.6 Å². The number of nitrogens with zero attached hydrogens (tertiary/aromatic N) is 2. The van der Waals surface area contributed by atoms with Crippen molar-refractivity contribution in [1.82, 2.24) is 15.2 Å². The summed E-state index contributed by atoms with van der Waals surface area (Å²) in [6, 6.07) is 4.38. The second-order valence-electron chi connectivity index (χ2n) is 4.96. The van der Waals surface area contributed by atoms with Crippen molar-refractivity contribution < 1.29 is 0 Å². The van der Waals surface area contributed by atoms with E-state index in [1.165, 1.54) is 9.75 Å². The van der Waals surface area contributed by atoms with Gasteiger partial charge in [-0.15, -0.1) is 11.3 Å². The Bertz CT molecular complexity index is 591. The first-order valence-electron chi connectivity index (χ1n) is 7.43. The Kier molecular flexibility index (Phi) is 5.81. The Morgan fingerprint density at radius 1 is 1.33 bits per heavy atom. The van der Waals surface area contributed by atoms with Gasteiger partial charge in [0.2, 0.25) is 0 Å². The number of hydrogen-bond acceptors (Lipinski definition) is 4. The third-order valence-electron chi connectivity index (χ3n) is 3.67. The lowest BCUT2D eigenvalue weighted by atomic mass is 10.1. The molecule has 0 aromatic carbocycles. The molecule has 4 nitrogen and oxygen atoms in total. The van der Waals surface area contributed by atoms with Crippen LogP contribution in [0.1, 0.15) is 48.0 Å². The number of nitrogens with two attached hydrogens (primary N) is 1. The van der Waals surface area contributed by atoms with Crippen LogP contribution in [0.5, 0.6) is 0 Å². The maximum atomic E-state index is 6.48. The van der Waals surface area contributed by atoms with E-state index in [1.807, 2.05) is 4.68 Å². The van der Waals surface area contributed by atoms with E-state index in [1.54, 1.807) is 11.3 Å². The minimum Gasteiger partial charge on any atom is -0.271 e. The summed E-state index contributed by atoms with van der Waals surface area (Å²) in [5.74, 6) is 5.77. The lowest BCUT2D eigenvalue weighted by Crippen LogP contribution is -2.29. The third-order valence-corrected chi connectivity index (χ3v) is 5.45. The average Bonchev–Trinajstić information content (AvgIpc) is 3.09. The van der Waals surface area contributed by atoms with Crippen LogP contribution in [0.4, 0.5) is 0 Å². The molecule has 2 aromatic heterocycles. The minimum absolute atomic E-state index is 0.0690. The fourth-order valence-corrected chi connectivity index (χ4v) is 3.78. The Hall–Kier alpha value is -0.880. The van der Waals surface area contributed by atoms with Gasteiger partial charge in [-0.3, -0.25) is 16.0 Å². The van der Waals surface area contributed by atoms with E-state index in [4.69, 9.17) is 17.4 Å². The van der Waals surface area contributed by atoms with Crippen LogP contribution in [-0.2, 0) is 25.8 Å². The summed E-state index contributed by atoms with van der Waals surface area (Å²) in [5.41, 5.74) is 4.94. The number of thiophene rings is 1. The third kappa shape index (κ3) is 3.48. The maximum absolute atomic E-state index is 6.48. The molecule has 116 valence electrons. The smallest absolute Gasteiger partial charge is 0.0850 e. The van der Waals surface area contributed by atoms with Crippen molar-refractivity contribution >= 4 is 22.9 Å². The predicted molar refractivity (Wildman–Crippen MR) is 89.8 cm³/mol. The SMILES string of the molecule is CCc1ccc(C(Cc2c(Cl)c(CC)nn2CC)NN)s1. The van der Waals surface area contributed by atoms with Gasteiger partial charge in [0, 0.05) is 22.7 Å². The van der Waals surface area contributed by atoms with Gasteiger partial charge in [0.1, 0.15) is 0 Å². The summed E-state index contributed by atoms with van der Waals surface area (Å²) in [4.78, 5) is 2.61. The van der Waals surface area contributed by atoms with Crippen LogP contribution in [0.25, 0.3) is 0 Å². The van der Waals surface area contributed by atoms with E-state index in [-0.39, 0.29) is 6.04 Å². The van der Waals surface area contributed by atoms with Gasteiger partial charge in [-0.2, -0.15) is 5.10 Å². The topological polar surface area (TPSA) is 55.9 Å². The predicted octanol–water partition coefficient (Wildman–Crippen LogP) is 3.49. The fraction of sp³-hybridized carbons (Fsp3) is 0.533. The second kappa shape index (κ2) is 7.40. The van der Waals surface area contributed by atoms with Gasteiger partial charge in [-0.05, 0) is 31.9 Å². The van der Waals surface area contributed by atoms with Gasteiger partial charge >= 0.3 is 0 Å². The quantitative estimate of drug-likeness (QED) is 0.605. The summed E-state index contributed by atoms with van der Waals surface area (Å²) < 4.78 is 1.99. The molecule has 2 heterocycles. The Balaban J connectivity index is 2.27. The molecule has 1 atom stereocenters. The summed E-state index contributed by atoms with van der Waals surface area (Å²) >= 11 is 8.28. The molecule has 0 amide bonds. The molecule has 21 heavy (non-hydrogen) atoms. The monoisotopic (exact) mass is 326 g/mol. The molecule has 3 N–H and O–H groups in total. The van der Waals surface area contributed by atoms with E-state index in [0.717, 1.165) is 42.2 Å². The van der Waals surface area contributed by atoms with E-state index in [2.05, 4.69) is 43.4 Å². The van der Waals surface area contributed by atoms with E-state index >= 15 is 0 Å². The van der Waals surface area contributed by atoms with E-state index in [0.29, 0.717) is 0 Å². The van der Waals surface area contributed by atoms with Crippen molar-refractivity contribution in [1.29, 1.82) is 0 Å². The molecule has 1 unspecified atom stereocenters. The van der Waals surface area contributed by atoms with Crippen LogP contribution in [-0.4, -0.2) is 9.78 Å². The molecule has 0 bridgehead atoms. The number of nitrogens with one attached hydrogen (secondary N) is 1. The molecule has 0 fully saturated rings. The largest absolute Gasteiger partial charge is 0.271 e. The number of rotatable bonds is 7. The van der Waals surface area contributed by atoms with Crippen molar-refractivity contribution in [2.75, 3.05) is 0 Å². The molecule has 6 heteroatoms. The summed E-state index contributed by atoms with van der Waals surface area (Å²) in [5, 5.41) is 5.35. The number of halogens is 1. The highest BCUT2D eigenvalue weighted by Crippen LogP contribution is 2.30. The molecule has 2 rings (SSSR count). The molecular weight excluding hydrogens is 304 g/mol. The van der Waals surface area contributed by atoms with Crippen LogP contribution >= 0.6 is 22.9 Å². The number of hydrogen-bond donors (Lipinski definition) is 2. The molecule has 0 aliphatic rings. The van der Waals surface area contributed by atoms with Gasteiger partial charge in [0.05, 0.1) is 22.5 Å². The van der Waals surface area contributed by atoms with Gasteiger partial charge in [-0.25, -0.2) is 0 Å². The minimum atomic E-state index is 0.0690. The molecule has 0 saturated carbocycles. The molecule has 0 aliphatic carbocycles. The van der Waals surface area contributed by atoms with Crippen LogP contribution in [0.3, 0.4) is 0 Å². The number of aromatic nitrogens is 2. The fourth-order valence-electron chi connectivity index (χ4n) is 2.42. The highest BCUT2D eigenvalue weighted by Gasteiger charge is 2.20. The van der Waals surface area contributed by atoms with Crippen molar-refractivity contribution in [3.63, 3.8) is 0 Å². The van der Waals surface area contributed by atoms with Crippen LogP contribution < -0.4 is 11.3 Å². The normalized spacial score (nSPS) is 12.8. The zero-order valence-electron chi connectivity index (χ0n) is 12.8. The standard InChI is InChI=1S/C15H23ClN4S/c1-4-10-7-8-14(21-10)12(18-17)9-13-15(16)11(5-2)19-20(13)6-3/h7-8,12,18H,4-6,9,17H2,1-3H3. The molecule has 2 aromatic rings. The van der Waals surface area contributed by atoms with Crippen molar-refractivity contribution in [3.8, 4) is 0 Å². The molecular formula is C15H23ClN4S. The highest BCUT2D eigenvalue weighted by molar-refractivity contribution is 7.12. The van der Waals surface area contributed by atoms with Gasteiger partial charge in [0.15, 0.2) is 0 Å². The van der Waals surface area contributed by atoms with Crippen molar-refractivity contribution in [2.24, 2.45) is 5.84 Å². The Morgan fingerprint density at radius 2 is 2.10 bits per heavy atom. The lowest BCUT2D eigenvalue weighted by molar-refractivity contribution is 0.522. The Morgan fingerprint density at radius 3 is 2.62 bits per heavy atom. The summed E-state index contributed by atoms with van der Waals surface area (Å²) in [6.07, 6.45) is 2.65. The number of aryl methyl sites for hydroxylation is 3.